The Morgan fingerprint density at radius 2 is 1.88 bits per heavy atom. The summed E-state index contributed by atoms with van der Waals surface area (Å²) in [5, 5.41) is 22.8. The summed E-state index contributed by atoms with van der Waals surface area (Å²) in [7, 11) is 0. The number of carbonyl (C=O) groups excluding carboxylic acids is 1. The van der Waals surface area contributed by atoms with E-state index in [2.05, 4.69) is 37.2 Å². The molecule has 3 rings (SSSR count). The number of carbonyl (C=O) groups is 1. The van der Waals surface area contributed by atoms with Crippen LogP contribution in [0.1, 0.15) is 11.1 Å². The predicted octanol–water partition coefficient (Wildman–Crippen LogP) is 6.24. The molecule has 1 N–H and O–H groups in total. The first kappa shape index (κ1) is 23.2. The monoisotopic (exact) mass is 555 g/mol. The molecule has 9 heteroatoms. The lowest BCUT2D eigenvalue weighted by Gasteiger charge is -2.09. The molecule has 0 fully saturated rings. The fourth-order valence-electron chi connectivity index (χ4n) is 2.68. The minimum Gasteiger partial charge on any atom is -0.488 e. The molecule has 0 aliphatic rings. The molecule has 160 valence electrons. The van der Waals surface area contributed by atoms with E-state index in [1.807, 2.05) is 30.3 Å². The molecule has 0 radical (unpaired) electrons. The van der Waals surface area contributed by atoms with Gasteiger partial charge in [0, 0.05) is 22.3 Å². The average Bonchev–Trinajstić information content (AvgIpc) is 2.78. The van der Waals surface area contributed by atoms with E-state index in [1.54, 1.807) is 18.2 Å². The van der Waals surface area contributed by atoms with E-state index < -0.39 is 10.8 Å². The van der Waals surface area contributed by atoms with Crippen LogP contribution in [-0.2, 0) is 11.4 Å². The Morgan fingerprint density at radius 3 is 2.53 bits per heavy atom. The quantitative estimate of drug-likeness (QED) is 0.160. The van der Waals surface area contributed by atoms with Gasteiger partial charge < -0.3 is 10.1 Å². The highest BCUT2D eigenvalue weighted by molar-refractivity contribution is 9.10. The molecular weight excluding hydrogens is 542 g/mol. The van der Waals surface area contributed by atoms with Crippen LogP contribution in [0.3, 0.4) is 0 Å². The highest BCUT2D eigenvalue weighted by Gasteiger charge is 2.13. The Balaban J connectivity index is 1.71. The van der Waals surface area contributed by atoms with Gasteiger partial charge in [0.15, 0.2) is 0 Å². The van der Waals surface area contributed by atoms with Gasteiger partial charge in [0.25, 0.3) is 11.6 Å². The Kier molecular flexibility index (Phi) is 7.76. The highest BCUT2D eigenvalue weighted by atomic mass is 79.9. The number of nitro groups is 1. The van der Waals surface area contributed by atoms with Gasteiger partial charge in [0.2, 0.25) is 0 Å². The first-order valence-corrected chi connectivity index (χ1v) is 10.8. The molecule has 0 spiro atoms. The van der Waals surface area contributed by atoms with E-state index in [0.29, 0.717) is 22.4 Å². The number of non-ortho nitro benzene ring substituents is 1. The van der Waals surface area contributed by atoms with Crippen molar-refractivity contribution in [3.05, 3.63) is 102 Å². The molecule has 32 heavy (non-hydrogen) atoms. The van der Waals surface area contributed by atoms with Gasteiger partial charge in [-0.25, -0.2) is 0 Å². The standard InChI is InChI=1S/C23H15Br2N3O4/c24-18-7-4-15(5-8-18)14-32-22-9-6-16(11-21(22)25)10-17(13-26)23(29)27-19-2-1-3-20(12-19)28(30)31/h1-12H,14H2,(H,27,29)/b17-10+. The third-order valence-corrected chi connectivity index (χ3v) is 5.40. The van der Waals surface area contributed by atoms with Gasteiger partial charge >= 0.3 is 0 Å². The smallest absolute Gasteiger partial charge is 0.271 e. The molecule has 3 aromatic rings. The molecule has 3 aromatic carbocycles. The fourth-order valence-corrected chi connectivity index (χ4v) is 3.45. The highest BCUT2D eigenvalue weighted by Crippen LogP contribution is 2.28. The van der Waals surface area contributed by atoms with Gasteiger partial charge in [-0.05, 0) is 63.5 Å². The Bertz CT molecular complexity index is 1230. The average molecular weight is 557 g/mol. The normalized spacial score (nSPS) is 10.8. The maximum absolute atomic E-state index is 12.5. The van der Waals surface area contributed by atoms with Crippen molar-refractivity contribution in [2.75, 3.05) is 5.32 Å². The summed E-state index contributed by atoms with van der Waals surface area (Å²) < 4.78 is 7.48. The zero-order valence-corrected chi connectivity index (χ0v) is 19.6. The SMILES string of the molecule is N#C/C(=C\c1ccc(OCc2ccc(Br)cc2)c(Br)c1)C(=O)Nc1cccc([N+](=O)[O-])c1. The molecule has 0 atom stereocenters. The second kappa shape index (κ2) is 10.7. The van der Waals surface area contributed by atoms with E-state index in [4.69, 9.17) is 4.74 Å². The minimum atomic E-state index is -0.667. The maximum atomic E-state index is 12.5. The number of nitrogens with zero attached hydrogens (tertiary/aromatic N) is 2. The largest absolute Gasteiger partial charge is 0.488 e. The number of anilines is 1. The summed E-state index contributed by atoms with van der Waals surface area (Å²) in [6.45, 7) is 0.385. The number of nitriles is 1. The number of rotatable bonds is 7. The molecule has 0 aliphatic carbocycles. The maximum Gasteiger partial charge on any atom is 0.271 e. The summed E-state index contributed by atoms with van der Waals surface area (Å²) in [6, 6.07) is 20.3. The lowest BCUT2D eigenvalue weighted by atomic mass is 10.1. The third kappa shape index (κ3) is 6.26. The lowest BCUT2D eigenvalue weighted by molar-refractivity contribution is -0.384. The second-order valence-electron chi connectivity index (χ2n) is 6.54. The Morgan fingerprint density at radius 1 is 1.12 bits per heavy atom. The van der Waals surface area contributed by atoms with Crippen molar-refractivity contribution >= 4 is 55.2 Å². The molecular formula is C23H15Br2N3O4. The zero-order valence-electron chi connectivity index (χ0n) is 16.4. The molecule has 0 saturated carbocycles. The van der Waals surface area contributed by atoms with Crippen LogP contribution in [0.5, 0.6) is 5.75 Å². The van der Waals surface area contributed by atoms with E-state index in [0.717, 1.165) is 10.0 Å². The number of hydrogen-bond acceptors (Lipinski definition) is 5. The number of amides is 1. The van der Waals surface area contributed by atoms with Crippen LogP contribution in [0.25, 0.3) is 6.08 Å². The Hall–Kier alpha value is -3.48. The predicted molar refractivity (Wildman–Crippen MR) is 128 cm³/mol. The fraction of sp³-hybridized carbons (Fsp3) is 0.0435. The first-order chi connectivity index (χ1) is 15.4. The van der Waals surface area contributed by atoms with Crippen molar-refractivity contribution in [1.82, 2.24) is 0 Å². The topological polar surface area (TPSA) is 105 Å². The number of nitrogens with one attached hydrogen (secondary N) is 1. The van der Waals surface area contributed by atoms with Crippen LogP contribution < -0.4 is 10.1 Å². The summed E-state index contributed by atoms with van der Waals surface area (Å²) in [4.78, 5) is 22.8. The van der Waals surface area contributed by atoms with Crippen molar-refractivity contribution in [2.45, 2.75) is 6.61 Å². The third-order valence-electron chi connectivity index (χ3n) is 4.25. The van der Waals surface area contributed by atoms with Crippen molar-refractivity contribution < 1.29 is 14.5 Å². The van der Waals surface area contributed by atoms with Crippen LogP contribution in [0.4, 0.5) is 11.4 Å². The molecule has 0 aromatic heterocycles. The van der Waals surface area contributed by atoms with Crippen molar-refractivity contribution in [1.29, 1.82) is 5.26 Å². The van der Waals surface area contributed by atoms with Gasteiger partial charge in [0.1, 0.15) is 24.0 Å². The van der Waals surface area contributed by atoms with E-state index in [9.17, 15) is 20.2 Å². The van der Waals surface area contributed by atoms with E-state index >= 15 is 0 Å². The van der Waals surface area contributed by atoms with Gasteiger partial charge in [-0.2, -0.15) is 5.26 Å². The summed E-state index contributed by atoms with van der Waals surface area (Å²) in [6.07, 6.45) is 1.43. The second-order valence-corrected chi connectivity index (χ2v) is 8.31. The van der Waals surface area contributed by atoms with Crippen molar-refractivity contribution in [3.63, 3.8) is 0 Å². The Labute approximate surface area is 200 Å². The first-order valence-electron chi connectivity index (χ1n) is 9.20. The molecule has 0 bridgehead atoms. The van der Waals surface area contributed by atoms with Crippen LogP contribution >= 0.6 is 31.9 Å². The number of hydrogen-bond donors (Lipinski definition) is 1. The van der Waals surface area contributed by atoms with Crippen LogP contribution in [0.2, 0.25) is 0 Å². The molecule has 7 nitrogen and oxygen atoms in total. The number of benzene rings is 3. The molecule has 0 unspecified atom stereocenters. The van der Waals surface area contributed by atoms with E-state index in [1.165, 1.54) is 30.3 Å². The van der Waals surface area contributed by atoms with Crippen LogP contribution in [0.15, 0.2) is 81.2 Å². The molecule has 0 saturated heterocycles. The van der Waals surface area contributed by atoms with Gasteiger partial charge in [-0.1, -0.05) is 40.2 Å². The summed E-state index contributed by atoms with van der Waals surface area (Å²) >= 11 is 6.84. The van der Waals surface area contributed by atoms with Crippen molar-refractivity contribution in [3.8, 4) is 11.8 Å². The van der Waals surface area contributed by atoms with Gasteiger partial charge in [0.05, 0.1) is 9.40 Å². The zero-order chi connectivity index (χ0) is 23.1. The van der Waals surface area contributed by atoms with E-state index in [-0.39, 0.29) is 16.9 Å². The molecule has 1 amide bonds. The summed E-state index contributed by atoms with van der Waals surface area (Å²) in [5.41, 5.74) is 1.54. The van der Waals surface area contributed by atoms with Gasteiger partial charge in [-0.15, -0.1) is 0 Å². The van der Waals surface area contributed by atoms with Crippen LogP contribution in [-0.4, -0.2) is 10.8 Å². The summed E-state index contributed by atoms with van der Waals surface area (Å²) in [5.74, 6) is -0.0516. The number of halogens is 2. The van der Waals surface area contributed by atoms with Crippen molar-refractivity contribution in [2.24, 2.45) is 0 Å². The van der Waals surface area contributed by atoms with Gasteiger partial charge in [-0.3, -0.25) is 14.9 Å². The molecule has 0 aliphatic heterocycles. The number of ether oxygens (including phenoxy) is 1. The molecule has 0 heterocycles. The van der Waals surface area contributed by atoms with Crippen LogP contribution in [0, 0.1) is 21.4 Å². The minimum absolute atomic E-state index is 0.146. The lowest BCUT2D eigenvalue weighted by Crippen LogP contribution is -2.13. The number of nitro benzene ring substituents is 1.